The van der Waals surface area contributed by atoms with Gasteiger partial charge in [-0.1, -0.05) is 11.6 Å². The van der Waals surface area contributed by atoms with Crippen molar-refractivity contribution in [2.24, 2.45) is 5.92 Å². The molecular formula is C14H20ClN3O2. The number of hydrogen-bond donors (Lipinski definition) is 1. The number of ether oxygens (including phenoxy) is 1. The normalized spacial score (nSPS) is 19.2. The SMILES string of the molecule is COCCN1CC[C@@H](CNC(=O)c2ccncc2Cl)C1. The summed E-state index contributed by atoms with van der Waals surface area (Å²) in [6.45, 7) is 4.47. The van der Waals surface area contributed by atoms with Gasteiger partial charge in [-0.3, -0.25) is 9.78 Å². The Kier molecular flexibility index (Phi) is 5.76. The van der Waals surface area contributed by atoms with E-state index in [1.165, 1.54) is 6.20 Å². The van der Waals surface area contributed by atoms with Gasteiger partial charge in [0.2, 0.25) is 0 Å². The molecule has 5 nitrogen and oxygen atoms in total. The molecule has 1 aliphatic heterocycles. The summed E-state index contributed by atoms with van der Waals surface area (Å²) >= 11 is 5.95. The number of likely N-dealkylation sites (tertiary alicyclic amines) is 1. The van der Waals surface area contributed by atoms with Gasteiger partial charge < -0.3 is 15.0 Å². The lowest BCUT2D eigenvalue weighted by Gasteiger charge is -2.15. The summed E-state index contributed by atoms with van der Waals surface area (Å²) in [4.78, 5) is 18.3. The fourth-order valence-electron chi connectivity index (χ4n) is 2.39. The van der Waals surface area contributed by atoms with Gasteiger partial charge in [0, 0.05) is 39.1 Å². The maximum Gasteiger partial charge on any atom is 0.252 e. The van der Waals surface area contributed by atoms with E-state index in [9.17, 15) is 4.79 Å². The minimum atomic E-state index is -0.132. The van der Waals surface area contributed by atoms with Crippen LogP contribution in [-0.4, -0.2) is 55.7 Å². The Hall–Kier alpha value is -1.17. The number of aromatic nitrogens is 1. The third-order valence-electron chi connectivity index (χ3n) is 3.55. The van der Waals surface area contributed by atoms with Crippen LogP contribution in [0.5, 0.6) is 0 Å². The number of nitrogens with one attached hydrogen (secondary N) is 1. The third-order valence-corrected chi connectivity index (χ3v) is 3.85. The Morgan fingerprint density at radius 3 is 3.25 bits per heavy atom. The van der Waals surface area contributed by atoms with Crippen molar-refractivity contribution in [1.82, 2.24) is 15.2 Å². The zero-order valence-electron chi connectivity index (χ0n) is 11.6. The van der Waals surface area contributed by atoms with Crippen molar-refractivity contribution in [1.29, 1.82) is 0 Å². The van der Waals surface area contributed by atoms with E-state index in [0.717, 1.165) is 32.7 Å². The number of hydrogen-bond acceptors (Lipinski definition) is 4. The highest BCUT2D eigenvalue weighted by molar-refractivity contribution is 6.33. The van der Waals surface area contributed by atoms with E-state index in [1.54, 1.807) is 19.4 Å². The third kappa shape index (κ3) is 4.16. The molecule has 1 N–H and O–H groups in total. The van der Waals surface area contributed by atoms with Crippen LogP contribution in [0, 0.1) is 5.92 Å². The van der Waals surface area contributed by atoms with Gasteiger partial charge in [-0.25, -0.2) is 0 Å². The van der Waals surface area contributed by atoms with Crippen molar-refractivity contribution in [3.63, 3.8) is 0 Å². The number of carbonyl (C=O) groups excluding carboxylic acids is 1. The molecule has 1 saturated heterocycles. The fraction of sp³-hybridized carbons (Fsp3) is 0.571. The second-order valence-corrected chi connectivity index (χ2v) is 5.42. The van der Waals surface area contributed by atoms with Gasteiger partial charge in [0.25, 0.3) is 5.91 Å². The van der Waals surface area contributed by atoms with Crippen LogP contribution in [0.3, 0.4) is 0 Å². The molecule has 6 heteroatoms. The smallest absolute Gasteiger partial charge is 0.252 e. The van der Waals surface area contributed by atoms with E-state index in [4.69, 9.17) is 16.3 Å². The second kappa shape index (κ2) is 7.57. The van der Waals surface area contributed by atoms with Gasteiger partial charge >= 0.3 is 0 Å². The Labute approximate surface area is 124 Å². The predicted octanol–water partition coefficient (Wildman–Crippen LogP) is 1.43. The van der Waals surface area contributed by atoms with Crippen LogP contribution < -0.4 is 5.32 Å². The Morgan fingerprint density at radius 2 is 2.50 bits per heavy atom. The predicted molar refractivity (Wildman–Crippen MR) is 78.0 cm³/mol. The molecule has 1 fully saturated rings. The van der Waals surface area contributed by atoms with Crippen molar-refractivity contribution in [3.8, 4) is 0 Å². The van der Waals surface area contributed by atoms with E-state index in [2.05, 4.69) is 15.2 Å². The number of rotatable bonds is 6. The van der Waals surface area contributed by atoms with E-state index >= 15 is 0 Å². The number of halogens is 1. The summed E-state index contributed by atoms with van der Waals surface area (Å²) in [6.07, 6.45) is 4.16. The highest BCUT2D eigenvalue weighted by Gasteiger charge is 2.22. The molecule has 0 spiro atoms. The Morgan fingerprint density at radius 1 is 1.65 bits per heavy atom. The number of pyridine rings is 1. The van der Waals surface area contributed by atoms with E-state index in [-0.39, 0.29) is 5.91 Å². The minimum Gasteiger partial charge on any atom is -0.383 e. The molecule has 0 unspecified atom stereocenters. The van der Waals surface area contributed by atoms with Crippen LogP contribution in [0.25, 0.3) is 0 Å². The van der Waals surface area contributed by atoms with Crippen LogP contribution in [0.4, 0.5) is 0 Å². The van der Waals surface area contributed by atoms with Gasteiger partial charge in [-0.15, -0.1) is 0 Å². The van der Waals surface area contributed by atoms with Crippen molar-refractivity contribution in [2.45, 2.75) is 6.42 Å². The van der Waals surface area contributed by atoms with Gasteiger partial charge in [0.1, 0.15) is 0 Å². The van der Waals surface area contributed by atoms with Crippen molar-refractivity contribution >= 4 is 17.5 Å². The number of carbonyl (C=O) groups is 1. The average molecular weight is 298 g/mol. The number of amides is 1. The molecule has 0 radical (unpaired) electrons. The molecule has 20 heavy (non-hydrogen) atoms. The molecule has 0 saturated carbocycles. The van der Waals surface area contributed by atoms with E-state index < -0.39 is 0 Å². The molecule has 1 aromatic heterocycles. The lowest BCUT2D eigenvalue weighted by molar-refractivity contribution is 0.0946. The Balaban J connectivity index is 1.76. The minimum absolute atomic E-state index is 0.132. The highest BCUT2D eigenvalue weighted by Crippen LogP contribution is 2.16. The van der Waals surface area contributed by atoms with Crippen molar-refractivity contribution in [2.75, 3.05) is 39.9 Å². The van der Waals surface area contributed by atoms with Crippen molar-refractivity contribution < 1.29 is 9.53 Å². The molecule has 1 atom stereocenters. The van der Waals surface area contributed by atoms with Gasteiger partial charge in [-0.05, 0) is 24.9 Å². The molecule has 1 amide bonds. The molecule has 0 aromatic carbocycles. The first-order chi connectivity index (χ1) is 9.70. The van der Waals surface area contributed by atoms with Crippen molar-refractivity contribution in [3.05, 3.63) is 29.0 Å². The summed E-state index contributed by atoms with van der Waals surface area (Å²) < 4.78 is 5.08. The molecule has 110 valence electrons. The first-order valence-electron chi connectivity index (χ1n) is 6.79. The maximum atomic E-state index is 12.0. The zero-order valence-corrected chi connectivity index (χ0v) is 12.4. The lowest BCUT2D eigenvalue weighted by Crippen LogP contribution is -2.31. The molecule has 0 aliphatic carbocycles. The summed E-state index contributed by atoms with van der Waals surface area (Å²) in [7, 11) is 1.71. The van der Waals surface area contributed by atoms with Crippen LogP contribution in [0.2, 0.25) is 5.02 Å². The molecule has 1 aliphatic rings. The second-order valence-electron chi connectivity index (χ2n) is 5.01. The van der Waals surface area contributed by atoms with Crippen LogP contribution in [0.15, 0.2) is 18.5 Å². The average Bonchev–Trinajstić information content (AvgIpc) is 2.91. The summed E-state index contributed by atoms with van der Waals surface area (Å²) in [5, 5.41) is 3.34. The largest absolute Gasteiger partial charge is 0.383 e. The first-order valence-corrected chi connectivity index (χ1v) is 7.17. The molecular weight excluding hydrogens is 278 g/mol. The van der Waals surface area contributed by atoms with Gasteiger partial charge in [0.05, 0.1) is 17.2 Å². The zero-order chi connectivity index (χ0) is 14.4. The van der Waals surface area contributed by atoms with Crippen LogP contribution >= 0.6 is 11.6 Å². The summed E-state index contributed by atoms with van der Waals surface area (Å²) in [6, 6.07) is 1.64. The first kappa shape index (κ1) is 15.2. The molecule has 2 rings (SSSR count). The standard InChI is InChI=1S/C14H20ClN3O2/c1-20-7-6-18-5-3-11(10-18)8-17-14(19)12-2-4-16-9-13(12)15/h2,4,9,11H,3,5-8,10H2,1H3,(H,17,19)/t11-/m0/s1. The Bertz CT molecular complexity index is 456. The number of methoxy groups -OCH3 is 1. The van der Waals surface area contributed by atoms with E-state index in [0.29, 0.717) is 23.0 Å². The lowest BCUT2D eigenvalue weighted by atomic mass is 10.1. The van der Waals surface area contributed by atoms with Crippen LogP contribution in [0.1, 0.15) is 16.8 Å². The monoisotopic (exact) mass is 297 g/mol. The molecule has 2 heterocycles. The van der Waals surface area contributed by atoms with Gasteiger partial charge in [-0.2, -0.15) is 0 Å². The topological polar surface area (TPSA) is 54.5 Å². The molecule has 1 aromatic rings. The quantitative estimate of drug-likeness (QED) is 0.863. The fourth-order valence-corrected chi connectivity index (χ4v) is 2.60. The number of nitrogens with zero attached hydrogens (tertiary/aromatic N) is 2. The maximum absolute atomic E-state index is 12.0. The summed E-state index contributed by atoms with van der Waals surface area (Å²) in [5.74, 6) is 0.365. The van der Waals surface area contributed by atoms with E-state index in [1.807, 2.05) is 0 Å². The van der Waals surface area contributed by atoms with Gasteiger partial charge in [0.15, 0.2) is 0 Å². The van der Waals surface area contributed by atoms with Crippen LogP contribution in [-0.2, 0) is 4.74 Å². The summed E-state index contributed by atoms with van der Waals surface area (Å²) in [5.41, 5.74) is 0.482. The highest BCUT2D eigenvalue weighted by atomic mass is 35.5. The molecule has 0 bridgehead atoms.